The molecule has 0 aliphatic carbocycles. The highest BCUT2D eigenvalue weighted by Crippen LogP contribution is 2.25. The third-order valence-corrected chi connectivity index (χ3v) is 3.86. The Labute approximate surface area is 124 Å². The van der Waals surface area contributed by atoms with Crippen LogP contribution in [0.1, 0.15) is 35.5 Å². The highest BCUT2D eigenvalue weighted by Gasteiger charge is 2.20. The second-order valence-electron chi connectivity index (χ2n) is 5.25. The summed E-state index contributed by atoms with van der Waals surface area (Å²) in [7, 11) is 1.90. The minimum absolute atomic E-state index is 0.197. The SMILES string of the molecule is CCNC(Cc1c(C)nn(C)c1C)c1ccc(F)cc1F. The second kappa shape index (κ2) is 6.35. The number of hydrogen-bond acceptors (Lipinski definition) is 2. The smallest absolute Gasteiger partial charge is 0.130 e. The summed E-state index contributed by atoms with van der Waals surface area (Å²) in [6.07, 6.45) is 0.627. The van der Waals surface area contributed by atoms with Gasteiger partial charge in [0.1, 0.15) is 11.6 Å². The van der Waals surface area contributed by atoms with Crippen molar-refractivity contribution in [3.63, 3.8) is 0 Å². The van der Waals surface area contributed by atoms with E-state index in [0.29, 0.717) is 18.5 Å². The summed E-state index contributed by atoms with van der Waals surface area (Å²) in [5.74, 6) is -1.07. The van der Waals surface area contributed by atoms with E-state index in [-0.39, 0.29) is 6.04 Å². The second-order valence-corrected chi connectivity index (χ2v) is 5.25. The van der Waals surface area contributed by atoms with Crippen molar-refractivity contribution in [3.8, 4) is 0 Å². The normalized spacial score (nSPS) is 12.7. The standard InChI is InChI=1S/C16H21F2N3/c1-5-19-16(13-7-6-12(17)8-15(13)18)9-14-10(2)20-21(4)11(14)3/h6-8,16,19H,5,9H2,1-4H3. The van der Waals surface area contributed by atoms with Gasteiger partial charge in [-0.15, -0.1) is 0 Å². The van der Waals surface area contributed by atoms with E-state index in [9.17, 15) is 8.78 Å². The molecule has 0 amide bonds. The summed E-state index contributed by atoms with van der Waals surface area (Å²) in [5.41, 5.74) is 3.60. The van der Waals surface area contributed by atoms with Crippen molar-refractivity contribution in [1.82, 2.24) is 15.1 Å². The van der Waals surface area contributed by atoms with Gasteiger partial charge in [0.25, 0.3) is 0 Å². The summed E-state index contributed by atoms with van der Waals surface area (Å²) in [6, 6.07) is 3.55. The number of likely N-dealkylation sites (N-methyl/N-ethyl adjacent to an activating group) is 1. The summed E-state index contributed by atoms with van der Waals surface area (Å²) in [5, 5.41) is 7.66. The Morgan fingerprint density at radius 1 is 1.29 bits per heavy atom. The summed E-state index contributed by atoms with van der Waals surface area (Å²) in [6.45, 7) is 6.63. The summed E-state index contributed by atoms with van der Waals surface area (Å²) in [4.78, 5) is 0. The molecule has 0 aliphatic heterocycles. The van der Waals surface area contributed by atoms with E-state index in [2.05, 4.69) is 10.4 Å². The van der Waals surface area contributed by atoms with Crippen LogP contribution in [0.3, 0.4) is 0 Å². The van der Waals surface area contributed by atoms with Crippen molar-refractivity contribution in [2.24, 2.45) is 7.05 Å². The Morgan fingerprint density at radius 3 is 2.52 bits per heavy atom. The van der Waals surface area contributed by atoms with Gasteiger partial charge in [0.2, 0.25) is 0 Å². The van der Waals surface area contributed by atoms with Gasteiger partial charge in [0.05, 0.1) is 5.69 Å². The monoisotopic (exact) mass is 293 g/mol. The molecular formula is C16H21F2N3. The first-order chi connectivity index (χ1) is 9.93. The van der Waals surface area contributed by atoms with Gasteiger partial charge in [0, 0.05) is 30.4 Å². The quantitative estimate of drug-likeness (QED) is 0.917. The maximum atomic E-state index is 14.0. The van der Waals surface area contributed by atoms with E-state index in [1.54, 1.807) is 0 Å². The van der Waals surface area contributed by atoms with Crippen LogP contribution in [0.2, 0.25) is 0 Å². The molecule has 0 bridgehead atoms. The van der Waals surface area contributed by atoms with Crippen LogP contribution < -0.4 is 5.32 Å². The molecular weight excluding hydrogens is 272 g/mol. The molecule has 3 nitrogen and oxygen atoms in total. The van der Waals surface area contributed by atoms with E-state index >= 15 is 0 Å². The number of nitrogens with zero attached hydrogens (tertiary/aromatic N) is 2. The highest BCUT2D eigenvalue weighted by atomic mass is 19.1. The van der Waals surface area contributed by atoms with E-state index < -0.39 is 11.6 Å². The van der Waals surface area contributed by atoms with Crippen LogP contribution >= 0.6 is 0 Å². The third-order valence-electron chi connectivity index (χ3n) is 3.86. The Hall–Kier alpha value is -1.75. The first-order valence-corrected chi connectivity index (χ1v) is 7.11. The lowest BCUT2D eigenvalue weighted by Gasteiger charge is -2.19. The van der Waals surface area contributed by atoms with E-state index in [1.807, 2.05) is 32.5 Å². The molecule has 1 aromatic carbocycles. The van der Waals surface area contributed by atoms with Gasteiger partial charge in [-0.05, 0) is 38.4 Å². The van der Waals surface area contributed by atoms with Gasteiger partial charge < -0.3 is 5.32 Å². The van der Waals surface area contributed by atoms with Crippen molar-refractivity contribution >= 4 is 0 Å². The molecule has 1 heterocycles. The maximum Gasteiger partial charge on any atom is 0.130 e. The molecule has 0 radical (unpaired) electrons. The van der Waals surface area contributed by atoms with Gasteiger partial charge in [-0.25, -0.2) is 8.78 Å². The molecule has 114 valence electrons. The van der Waals surface area contributed by atoms with Gasteiger partial charge in [-0.2, -0.15) is 5.10 Å². The summed E-state index contributed by atoms with van der Waals surface area (Å²) >= 11 is 0. The van der Waals surface area contributed by atoms with Crippen molar-refractivity contribution in [3.05, 3.63) is 52.3 Å². The number of nitrogens with one attached hydrogen (secondary N) is 1. The van der Waals surface area contributed by atoms with Gasteiger partial charge in [0.15, 0.2) is 0 Å². The minimum Gasteiger partial charge on any atom is -0.310 e. The highest BCUT2D eigenvalue weighted by molar-refractivity contribution is 5.29. The van der Waals surface area contributed by atoms with Crippen molar-refractivity contribution in [1.29, 1.82) is 0 Å². The molecule has 1 atom stereocenters. The van der Waals surface area contributed by atoms with Gasteiger partial charge in [-0.3, -0.25) is 4.68 Å². The van der Waals surface area contributed by atoms with Crippen molar-refractivity contribution in [2.45, 2.75) is 33.2 Å². The zero-order chi connectivity index (χ0) is 15.6. The minimum atomic E-state index is -0.555. The first kappa shape index (κ1) is 15.6. The van der Waals surface area contributed by atoms with E-state index in [1.165, 1.54) is 12.1 Å². The first-order valence-electron chi connectivity index (χ1n) is 7.11. The Bertz CT molecular complexity index is 635. The molecule has 0 spiro atoms. The largest absolute Gasteiger partial charge is 0.310 e. The van der Waals surface area contributed by atoms with E-state index in [4.69, 9.17) is 0 Å². The predicted octanol–water partition coefficient (Wildman–Crippen LogP) is 3.21. The van der Waals surface area contributed by atoms with E-state index in [0.717, 1.165) is 23.0 Å². The zero-order valence-corrected chi connectivity index (χ0v) is 12.9. The number of hydrogen-bond donors (Lipinski definition) is 1. The van der Waals surface area contributed by atoms with Crippen LogP contribution in [-0.4, -0.2) is 16.3 Å². The molecule has 0 saturated heterocycles. The van der Waals surface area contributed by atoms with Crippen molar-refractivity contribution in [2.75, 3.05) is 6.54 Å². The zero-order valence-electron chi connectivity index (χ0n) is 12.9. The molecule has 21 heavy (non-hydrogen) atoms. The van der Waals surface area contributed by atoms with Crippen LogP contribution in [0, 0.1) is 25.5 Å². The van der Waals surface area contributed by atoms with Gasteiger partial charge >= 0.3 is 0 Å². The fourth-order valence-corrected chi connectivity index (χ4v) is 2.64. The predicted molar refractivity (Wildman–Crippen MR) is 79.2 cm³/mol. The summed E-state index contributed by atoms with van der Waals surface area (Å²) < 4.78 is 28.9. The molecule has 1 aromatic heterocycles. The van der Waals surface area contributed by atoms with Crippen LogP contribution in [0.25, 0.3) is 0 Å². The van der Waals surface area contributed by atoms with Crippen LogP contribution in [0.4, 0.5) is 8.78 Å². The molecule has 0 aliphatic rings. The molecule has 1 unspecified atom stereocenters. The number of aromatic nitrogens is 2. The Kier molecular flexibility index (Phi) is 4.73. The van der Waals surface area contributed by atoms with Crippen LogP contribution in [0.5, 0.6) is 0 Å². The number of halogens is 2. The Morgan fingerprint density at radius 2 is 2.00 bits per heavy atom. The number of aryl methyl sites for hydroxylation is 2. The molecule has 0 saturated carbocycles. The fraction of sp³-hybridized carbons (Fsp3) is 0.438. The topological polar surface area (TPSA) is 29.9 Å². The van der Waals surface area contributed by atoms with Gasteiger partial charge in [-0.1, -0.05) is 13.0 Å². The number of rotatable bonds is 5. The lowest BCUT2D eigenvalue weighted by molar-refractivity contribution is 0.501. The molecule has 2 rings (SSSR count). The molecule has 2 aromatic rings. The average molecular weight is 293 g/mol. The van der Waals surface area contributed by atoms with Crippen molar-refractivity contribution < 1.29 is 8.78 Å². The lowest BCUT2D eigenvalue weighted by atomic mass is 9.97. The maximum absolute atomic E-state index is 14.0. The third kappa shape index (κ3) is 3.29. The number of benzene rings is 1. The molecule has 1 N–H and O–H groups in total. The Balaban J connectivity index is 2.35. The molecule has 0 fully saturated rings. The molecule has 5 heteroatoms. The lowest BCUT2D eigenvalue weighted by Crippen LogP contribution is -2.24. The fourth-order valence-electron chi connectivity index (χ4n) is 2.64. The average Bonchev–Trinajstić information content (AvgIpc) is 2.65. The van der Waals surface area contributed by atoms with Crippen LogP contribution in [0.15, 0.2) is 18.2 Å². The van der Waals surface area contributed by atoms with Crippen LogP contribution in [-0.2, 0) is 13.5 Å².